The molecule has 1 aliphatic rings. The first kappa shape index (κ1) is 13.1. The molecule has 1 amide bonds. The van der Waals surface area contributed by atoms with Crippen molar-refractivity contribution >= 4 is 5.91 Å². The molecule has 0 bridgehead atoms. The number of amides is 1. The van der Waals surface area contributed by atoms with Crippen LogP contribution in [-0.2, 0) is 4.79 Å². The summed E-state index contributed by atoms with van der Waals surface area (Å²) >= 11 is 0. The van der Waals surface area contributed by atoms with Crippen molar-refractivity contribution in [3.63, 3.8) is 0 Å². The van der Waals surface area contributed by atoms with Crippen molar-refractivity contribution in [1.29, 1.82) is 0 Å². The van der Waals surface area contributed by atoms with Crippen molar-refractivity contribution in [2.75, 3.05) is 20.6 Å². The predicted octanol–water partition coefficient (Wildman–Crippen LogP) is 2.00. The fourth-order valence-corrected chi connectivity index (χ4v) is 2.76. The Kier molecular flexibility index (Phi) is 4.37. The number of likely N-dealkylation sites (N-methyl/N-ethyl adjacent to an activating group) is 1. The van der Waals surface area contributed by atoms with E-state index in [4.69, 9.17) is 0 Å². The van der Waals surface area contributed by atoms with Crippen molar-refractivity contribution in [1.82, 2.24) is 10.2 Å². The van der Waals surface area contributed by atoms with Crippen molar-refractivity contribution in [2.24, 2.45) is 0 Å². The van der Waals surface area contributed by atoms with E-state index in [1.807, 2.05) is 0 Å². The maximum atomic E-state index is 11.5. The van der Waals surface area contributed by atoms with Crippen molar-refractivity contribution < 1.29 is 4.79 Å². The standard InChI is InChI=1S/C15H22N2O/c1-17(2)14-11-16-15(18)10-6-9-13(14)12-7-4-3-5-8-12/h3-5,7-8,13-14H,6,9-11H2,1-2H3,(H,16,18). The van der Waals surface area contributed by atoms with E-state index in [1.54, 1.807) is 0 Å². The summed E-state index contributed by atoms with van der Waals surface area (Å²) in [5.41, 5.74) is 1.38. The third kappa shape index (κ3) is 3.10. The lowest BCUT2D eigenvalue weighted by atomic mass is 9.85. The topological polar surface area (TPSA) is 32.3 Å². The maximum Gasteiger partial charge on any atom is 0.220 e. The molecule has 1 aromatic rings. The van der Waals surface area contributed by atoms with Crippen LogP contribution in [0, 0.1) is 0 Å². The molecule has 1 aromatic carbocycles. The van der Waals surface area contributed by atoms with Crippen molar-refractivity contribution in [3.05, 3.63) is 35.9 Å². The molecular weight excluding hydrogens is 224 g/mol. The molecule has 0 saturated carbocycles. The number of hydrogen-bond donors (Lipinski definition) is 1. The number of benzene rings is 1. The van der Waals surface area contributed by atoms with Crippen LogP contribution >= 0.6 is 0 Å². The smallest absolute Gasteiger partial charge is 0.220 e. The zero-order valence-electron chi connectivity index (χ0n) is 11.2. The van der Waals surface area contributed by atoms with E-state index in [1.165, 1.54) is 5.56 Å². The molecule has 18 heavy (non-hydrogen) atoms. The first-order valence-corrected chi connectivity index (χ1v) is 6.66. The molecular formula is C15H22N2O. The van der Waals surface area contributed by atoms with Gasteiger partial charge in [0.1, 0.15) is 0 Å². The van der Waals surface area contributed by atoms with Crippen LogP contribution in [0.2, 0.25) is 0 Å². The molecule has 2 rings (SSSR count). The number of hydrogen-bond acceptors (Lipinski definition) is 2. The Labute approximate surface area is 109 Å². The van der Waals surface area contributed by atoms with Gasteiger partial charge in [0.05, 0.1) is 0 Å². The average molecular weight is 246 g/mol. The van der Waals surface area contributed by atoms with Crippen LogP contribution in [0.25, 0.3) is 0 Å². The normalized spacial score (nSPS) is 25.4. The molecule has 1 N–H and O–H groups in total. The second-order valence-corrected chi connectivity index (χ2v) is 5.24. The van der Waals surface area contributed by atoms with Gasteiger partial charge in [0.25, 0.3) is 0 Å². The average Bonchev–Trinajstić information content (AvgIpc) is 2.34. The second-order valence-electron chi connectivity index (χ2n) is 5.24. The molecule has 1 aliphatic heterocycles. The molecule has 0 aliphatic carbocycles. The largest absolute Gasteiger partial charge is 0.355 e. The molecule has 0 spiro atoms. The van der Waals surface area contributed by atoms with Crippen LogP contribution < -0.4 is 5.32 Å². The lowest BCUT2D eigenvalue weighted by Crippen LogP contribution is -2.45. The number of carbonyl (C=O) groups is 1. The highest BCUT2D eigenvalue weighted by Gasteiger charge is 2.27. The van der Waals surface area contributed by atoms with Gasteiger partial charge >= 0.3 is 0 Å². The summed E-state index contributed by atoms with van der Waals surface area (Å²) in [6.45, 7) is 0.741. The van der Waals surface area contributed by atoms with Gasteiger partial charge in [0.15, 0.2) is 0 Å². The van der Waals surface area contributed by atoms with E-state index in [2.05, 4.69) is 54.6 Å². The molecule has 3 heteroatoms. The highest BCUT2D eigenvalue weighted by molar-refractivity contribution is 5.76. The van der Waals surface area contributed by atoms with Crippen LogP contribution in [0.15, 0.2) is 30.3 Å². The summed E-state index contributed by atoms with van der Waals surface area (Å²) in [4.78, 5) is 13.7. The summed E-state index contributed by atoms with van der Waals surface area (Å²) < 4.78 is 0. The molecule has 1 saturated heterocycles. The van der Waals surface area contributed by atoms with Gasteiger partial charge in [-0.15, -0.1) is 0 Å². The fraction of sp³-hybridized carbons (Fsp3) is 0.533. The number of rotatable bonds is 2. The number of nitrogens with zero attached hydrogens (tertiary/aromatic N) is 1. The van der Waals surface area contributed by atoms with E-state index >= 15 is 0 Å². The van der Waals surface area contributed by atoms with Gasteiger partial charge in [-0.05, 0) is 32.5 Å². The van der Waals surface area contributed by atoms with Crippen LogP contribution in [0.4, 0.5) is 0 Å². The second kappa shape index (κ2) is 6.01. The minimum absolute atomic E-state index is 0.188. The summed E-state index contributed by atoms with van der Waals surface area (Å²) in [5, 5.41) is 3.04. The van der Waals surface area contributed by atoms with E-state index in [9.17, 15) is 4.79 Å². The lowest BCUT2D eigenvalue weighted by molar-refractivity contribution is -0.121. The minimum atomic E-state index is 0.188. The van der Waals surface area contributed by atoms with Gasteiger partial charge in [-0.2, -0.15) is 0 Å². The highest BCUT2D eigenvalue weighted by atomic mass is 16.1. The Morgan fingerprint density at radius 2 is 1.94 bits per heavy atom. The Hall–Kier alpha value is -1.35. The SMILES string of the molecule is CN(C)C1CNC(=O)CCCC1c1ccccc1. The van der Waals surface area contributed by atoms with E-state index in [0.29, 0.717) is 18.4 Å². The van der Waals surface area contributed by atoms with Gasteiger partial charge in [0.2, 0.25) is 5.91 Å². The van der Waals surface area contributed by atoms with Crippen molar-refractivity contribution in [3.8, 4) is 0 Å². The fourth-order valence-electron chi connectivity index (χ4n) is 2.76. The molecule has 1 fully saturated rings. The van der Waals surface area contributed by atoms with Crippen LogP contribution in [-0.4, -0.2) is 37.5 Å². The van der Waals surface area contributed by atoms with Crippen LogP contribution in [0.3, 0.4) is 0 Å². The summed E-state index contributed by atoms with van der Waals surface area (Å²) in [7, 11) is 4.18. The highest BCUT2D eigenvalue weighted by Crippen LogP contribution is 2.28. The van der Waals surface area contributed by atoms with E-state index < -0.39 is 0 Å². The molecule has 2 unspecified atom stereocenters. The first-order chi connectivity index (χ1) is 8.68. The first-order valence-electron chi connectivity index (χ1n) is 6.66. The van der Waals surface area contributed by atoms with E-state index in [-0.39, 0.29) is 5.91 Å². The van der Waals surface area contributed by atoms with Gasteiger partial charge < -0.3 is 10.2 Å². The third-order valence-electron chi connectivity index (χ3n) is 3.78. The zero-order valence-corrected chi connectivity index (χ0v) is 11.2. The number of carbonyl (C=O) groups excluding carboxylic acids is 1. The maximum absolute atomic E-state index is 11.5. The van der Waals surface area contributed by atoms with Gasteiger partial charge in [-0.3, -0.25) is 4.79 Å². The molecule has 0 radical (unpaired) electrons. The summed E-state index contributed by atoms with van der Waals surface area (Å²) in [6.07, 6.45) is 2.71. The Morgan fingerprint density at radius 3 is 2.61 bits per heavy atom. The molecule has 0 aromatic heterocycles. The molecule has 2 atom stereocenters. The minimum Gasteiger partial charge on any atom is -0.355 e. The Balaban J connectivity index is 2.20. The van der Waals surface area contributed by atoms with Crippen molar-refractivity contribution in [2.45, 2.75) is 31.2 Å². The Morgan fingerprint density at radius 1 is 1.22 bits per heavy atom. The number of nitrogens with one attached hydrogen (secondary N) is 1. The van der Waals surface area contributed by atoms with Gasteiger partial charge in [-0.1, -0.05) is 30.3 Å². The van der Waals surface area contributed by atoms with Crippen LogP contribution in [0.1, 0.15) is 30.7 Å². The van der Waals surface area contributed by atoms with E-state index in [0.717, 1.165) is 19.4 Å². The molecule has 98 valence electrons. The third-order valence-corrected chi connectivity index (χ3v) is 3.78. The summed E-state index contributed by atoms with van der Waals surface area (Å²) in [6, 6.07) is 11.0. The zero-order chi connectivity index (χ0) is 13.0. The predicted molar refractivity (Wildman–Crippen MR) is 73.5 cm³/mol. The monoisotopic (exact) mass is 246 g/mol. The summed E-state index contributed by atoms with van der Waals surface area (Å²) in [5.74, 6) is 0.690. The Bertz CT molecular complexity index is 389. The lowest BCUT2D eigenvalue weighted by Gasteiger charge is -2.34. The molecule has 3 nitrogen and oxygen atoms in total. The quantitative estimate of drug-likeness (QED) is 0.865. The van der Waals surface area contributed by atoms with Gasteiger partial charge in [0, 0.05) is 24.9 Å². The van der Waals surface area contributed by atoms with Crippen LogP contribution in [0.5, 0.6) is 0 Å². The van der Waals surface area contributed by atoms with Gasteiger partial charge in [-0.25, -0.2) is 0 Å². The molecule has 1 heterocycles.